The smallest absolute Gasteiger partial charge is 0.244 e. The molecule has 1 aliphatic rings. The Morgan fingerprint density at radius 1 is 1.33 bits per heavy atom. The van der Waals surface area contributed by atoms with Gasteiger partial charge in [-0.3, -0.25) is 4.79 Å². The summed E-state index contributed by atoms with van der Waals surface area (Å²) in [5, 5.41) is 3.89. The van der Waals surface area contributed by atoms with Crippen LogP contribution in [0.5, 0.6) is 0 Å². The number of rotatable bonds is 4. The molecule has 2 rings (SSSR count). The maximum Gasteiger partial charge on any atom is 0.244 e. The van der Waals surface area contributed by atoms with Crippen LogP contribution in [-0.2, 0) is 14.6 Å². The lowest BCUT2D eigenvalue weighted by atomic mass is 10.0. The van der Waals surface area contributed by atoms with E-state index >= 15 is 0 Å². The van der Waals surface area contributed by atoms with Gasteiger partial charge in [0.05, 0.1) is 23.6 Å². The average molecular weight is 308 g/mol. The summed E-state index contributed by atoms with van der Waals surface area (Å²) in [6.07, 6.45) is 1.94. The van der Waals surface area contributed by atoms with E-state index in [0.717, 1.165) is 5.56 Å². The second-order valence-corrected chi connectivity index (χ2v) is 7.88. The molecule has 1 aromatic rings. The van der Waals surface area contributed by atoms with E-state index in [1.807, 2.05) is 24.3 Å². The molecule has 0 radical (unpaired) electrons. The van der Waals surface area contributed by atoms with Crippen molar-refractivity contribution < 1.29 is 13.2 Å². The number of hydrogen-bond donors (Lipinski definition) is 1. The summed E-state index contributed by atoms with van der Waals surface area (Å²) in [6.45, 7) is 4.25. The monoisotopic (exact) mass is 308 g/mol. The van der Waals surface area contributed by atoms with E-state index in [0.29, 0.717) is 12.3 Å². The summed E-state index contributed by atoms with van der Waals surface area (Å²) < 4.78 is 22.6. The van der Waals surface area contributed by atoms with Crippen molar-refractivity contribution in [3.05, 3.63) is 35.4 Å². The third-order valence-corrected chi connectivity index (χ3v) is 5.36. The van der Waals surface area contributed by atoms with Crippen LogP contribution in [0.3, 0.4) is 0 Å². The van der Waals surface area contributed by atoms with Crippen molar-refractivity contribution in [2.45, 2.75) is 26.2 Å². The van der Waals surface area contributed by atoms with Gasteiger partial charge in [0.2, 0.25) is 5.91 Å². The van der Waals surface area contributed by atoms with Crippen LogP contribution in [0.25, 0.3) is 0 Å². The maximum atomic E-state index is 11.8. The minimum absolute atomic E-state index is 0.0720. The number of nitrogens with one attached hydrogen (secondary N) is 1. The number of benzene rings is 1. The van der Waals surface area contributed by atoms with E-state index in [1.54, 1.807) is 6.21 Å². The second kappa shape index (κ2) is 6.39. The van der Waals surface area contributed by atoms with E-state index in [2.05, 4.69) is 24.4 Å². The molecule has 0 aliphatic carbocycles. The number of carbonyl (C=O) groups is 1. The molecule has 0 bridgehead atoms. The lowest BCUT2D eigenvalue weighted by Gasteiger charge is -2.05. The number of hydrazone groups is 1. The molecular weight excluding hydrogens is 288 g/mol. The van der Waals surface area contributed by atoms with E-state index in [1.165, 1.54) is 5.56 Å². The molecule has 0 aromatic heterocycles. The molecule has 5 nitrogen and oxygen atoms in total. The fourth-order valence-electron chi connectivity index (χ4n) is 2.23. The third kappa shape index (κ3) is 4.39. The minimum atomic E-state index is -3.04. The summed E-state index contributed by atoms with van der Waals surface area (Å²) in [6, 6.07) is 7.92. The number of nitrogens with zero attached hydrogens (tertiary/aromatic N) is 1. The summed E-state index contributed by atoms with van der Waals surface area (Å²) in [4.78, 5) is 11.8. The zero-order chi connectivity index (χ0) is 15.5. The van der Waals surface area contributed by atoms with Crippen molar-refractivity contribution in [2.24, 2.45) is 11.0 Å². The molecule has 1 amide bonds. The third-order valence-electron chi connectivity index (χ3n) is 3.59. The van der Waals surface area contributed by atoms with Gasteiger partial charge in [-0.05, 0) is 23.5 Å². The standard InChI is InChI=1S/C15H20N2O3S/c1-11(2)13-5-3-12(4-6-13)9-16-17-15(18)14-7-8-21(19,20)10-14/h3-6,9,11,14H,7-8,10H2,1-2H3,(H,17,18)/b16-9-/t14-/m0/s1. The Morgan fingerprint density at radius 3 is 2.52 bits per heavy atom. The van der Waals surface area contributed by atoms with Crippen LogP contribution in [0.1, 0.15) is 37.3 Å². The Labute approximate surface area is 125 Å². The summed E-state index contributed by atoms with van der Waals surface area (Å²) in [5.41, 5.74) is 4.54. The van der Waals surface area contributed by atoms with Crippen LogP contribution in [0.15, 0.2) is 29.4 Å². The van der Waals surface area contributed by atoms with E-state index in [-0.39, 0.29) is 17.4 Å². The molecule has 1 saturated heterocycles. The zero-order valence-electron chi connectivity index (χ0n) is 12.2. The Balaban J connectivity index is 1.89. The first kappa shape index (κ1) is 15.7. The van der Waals surface area contributed by atoms with Gasteiger partial charge in [-0.25, -0.2) is 13.8 Å². The molecule has 21 heavy (non-hydrogen) atoms. The predicted molar refractivity (Wildman–Crippen MR) is 83.0 cm³/mol. The lowest BCUT2D eigenvalue weighted by molar-refractivity contribution is -0.124. The van der Waals surface area contributed by atoms with Crippen LogP contribution in [0.4, 0.5) is 0 Å². The SMILES string of the molecule is CC(C)c1ccc(/C=N\NC(=O)[C@H]2CCS(=O)(=O)C2)cc1. The zero-order valence-corrected chi connectivity index (χ0v) is 13.1. The van der Waals surface area contributed by atoms with Crippen molar-refractivity contribution in [3.8, 4) is 0 Å². The van der Waals surface area contributed by atoms with E-state index < -0.39 is 15.8 Å². The number of sulfone groups is 1. The van der Waals surface area contributed by atoms with Gasteiger partial charge in [-0.1, -0.05) is 38.1 Å². The number of hydrogen-bond acceptors (Lipinski definition) is 4. The first-order valence-corrected chi connectivity index (χ1v) is 8.83. The molecule has 0 spiro atoms. The van der Waals surface area contributed by atoms with Crippen molar-refractivity contribution >= 4 is 22.0 Å². The van der Waals surface area contributed by atoms with Crippen LogP contribution >= 0.6 is 0 Å². The number of amides is 1. The second-order valence-electron chi connectivity index (χ2n) is 5.66. The molecule has 1 aromatic carbocycles. The molecule has 1 N–H and O–H groups in total. The summed E-state index contributed by atoms with van der Waals surface area (Å²) >= 11 is 0. The van der Waals surface area contributed by atoms with Crippen LogP contribution < -0.4 is 5.43 Å². The molecule has 1 atom stereocenters. The van der Waals surface area contributed by atoms with Gasteiger partial charge in [0.1, 0.15) is 0 Å². The van der Waals surface area contributed by atoms with Gasteiger partial charge in [0.25, 0.3) is 0 Å². The molecule has 6 heteroatoms. The van der Waals surface area contributed by atoms with Gasteiger partial charge in [-0.2, -0.15) is 5.10 Å². The van der Waals surface area contributed by atoms with Crippen molar-refractivity contribution in [1.82, 2.24) is 5.43 Å². The Hall–Kier alpha value is -1.69. The largest absolute Gasteiger partial charge is 0.273 e. The highest BCUT2D eigenvalue weighted by Crippen LogP contribution is 2.18. The predicted octanol–water partition coefficient (Wildman–Crippen LogP) is 1.69. The maximum absolute atomic E-state index is 11.8. The number of carbonyl (C=O) groups excluding carboxylic acids is 1. The van der Waals surface area contributed by atoms with E-state index in [9.17, 15) is 13.2 Å². The topological polar surface area (TPSA) is 75.6 Å². The van der Waals surface area contributed by atoms with Crippen molar-refractivity contribution in [2.75, 3.05) is 11.5 Å². The fourth-order valence-corrected chi connectivity index (χ4v) is 3.97. The molecule has 1 fully saturated rings. The van der Waals surface area contributed by atoms with Crippen LogP contribution in [0.2, 0.25) is 0 Å². The molecular formula is C15H20N2O3S. The van der Waals surface area contributed by atoms with Gasteiger partial charge in [0, 0.05) is 0 Å². The fraction of sp³-hybridized carbons (Fsp3) is 0.467. The van der Waals surface area contributed by atoms with Crippen molar-refractivity contribution in [1.29, 1.82) is 0 Å². The minimum Gasteiger partial charge on any atom is -0.273 e. The highest BCUT2D eigenvalue weighted by Gasteiger charge is 2.32. The quantitative estimate of drug-likeness (QED) is 0.679. The van der Waals surface area contributed by atoms with Gasteiger partial charge < -0.3 is 0 Å². The first-order valence-electron chi connectivity index (χ1n) is 7.01. The Bertz CT molecular complexity index is 633. The average Bonchev–Trinajstić information content (AvgIpc) is 2.79. The van der Waals surface area contributed by atoms with Crippen LogP contribution in [-0.4, -0.2) is 32.0 Å². The van der Waals surface area contributed by atoms with E-state index in [4.69, 9.17) is 0 Å². The Morgan fingerprint density at radius 2 is 2.00 bits per heavy atom. The first-order chi connectivity index (χ1) is 9.87. The summed E-state index contributed by atoms with van der Waals surface area (Å²) in [5.74, 6) is -0.315. The highest BCUT2D eigenvalue weighted by atomic mass is 32.2. The molecule has 114 valence electrons. The van der Waals surface area contributed by atoms with Gasteiger partial charge >= 0.3 is 0 Å². The summed E-state index contributed by atoms with van der Waals surface area (Å²) in [7, 11) is -3.04. The van der Waals surface area contributed by atoms with Gasteiger partial charge in [0.15, 0.2) is 9.84 Å². The molecule has 0 saturated carbocycles. The Kier molecular flexibility index (Phi) is 4.77. The normalized spacial score (nSPS) is 21.0. The lowest BCUT2D eigenvalue weighted by Crippen LogP contribution is -2.27. The van der Waals surface area contributed by atoms with Crippen molar-refractivity contribution in [3.63, 3.8) is 0 Å². The molecule has 1 heterocycles. The van der Waals surface area contributed by atoms with Gasteiger partial charge in [-0.15, -0.1) is 0 Å². The van der Waals surface area contributed by atoms with Crippen LogP contribution in [0, 0.1) is 5.92 Å². The molecule has 0 unspecified atom stereocenters. The molecule has 1 aliphatic heterocycles. The highest BCUT2D eigenvalue weighted by molar-refractivity contribution is 7.91.